The van der Waals surface area contributed by atoms with Gasteiger partial charge in [0.1, 0.15) is 0 Å². The first-order valence-corrected chi connectivity index (χ1v) is 9.99. The van der Waals surface area contributed by atoms with Crippen molar-refractivity contribution in [3.8, 4) is 27.6 Å². The van der Waals surface area contributed by atoms with Crippen molar-refractivity contribution in [3.63, 3.8) is 0 Å². The highest BCUT2D eigenvalue weighted by atomic mass is 32.1. The van der Waals surface area contributed by atoms with Gasteiger partial charge in [-0.25, -0.2) is 15.0 Å². The lowest BCUT2D eigenvalue weighted by Gasteiger charge is -2.11. The van der Waals surface area contributed by atoms with Crippen molar-refractivity contribution in [3.05, 3.63) is 35.2 Å². The van der Waals surface area contributed by atoms with Crippen LogP contribution in [0.4, 0.5) is 5.13 Å². The molecule has 1 fully saturated rings. The molecule has 0 spiro atoms. The van der Waals surface area contributed by atoms with Gasteiger partial charge in [-0.3, -0.25) is 0 Å². The van der Waals surface area contributed by atoms with Gasteiger partial charge < -0.3 is 15.4 Å². The van der Waals surface area contributed by atoms with E-state index in [4.69, 9.17) is 4.74 Å². The number of aliphatic imine (C=N–C) groups is 1. The molecule has 0 aromatic carbocycles. The maximum Gasteiger partial charge on any atom is 0.212 e. The zero-order valence-electron chi connectivity index (χ0n) is 14.6. The lowest BCUT2D eigenvalue weighted by molar-refractivity contribution is 0.398. The Morgan fingerprint density at radius 3 is 2.54 bits per heavy atom. The second kappa shape index (κ2) is 9.54. The van der Waals surface area contributed by atoms with E-state index in [9.17, 15) is 0 Å². The van der Waals surface area contributed by atoms with Gasteiger partial charge in [-0.1, -0.05) is 0 Å². The summed E-state index contributed by atoms with van der Waals surface area (Å²) in [5.74, 6) is 0.617. The van der Waals surface area contributed by atoms with Crippen molar-refractivity contribution in [2.75, 3.05) is 26.9 Å². The lowest BCUT2D eigenvalue weighted by Crippen LogP contribution is -2.37. The molecule has 4 heterocycles. The molecule has 0 aliphatic carbocycles. The van der Waals surface area contributed by atoms with Crippen molar-refractivity contribution in [1.29, 1.82) is 0 Å². The molecule has 2 N–H and O–H groups in total. The third-order valence-corrected chi connectivity index (χ3v) is 5.46. The molecule has 136 valence electrons. The third-order valence-electron chi connectivity index (χ3n) is 3.71. The van der Waals surface area contributed by atoms with Gasteiger partial charge in [-0.05, 0) is 38.4 Å². The quantitative estimate of drug-likeness (QED) is 0.666. The molecule has 3 aromatic rings. The van der Waals surface area contributed by atoms with E-state index < -0.39 is 0 Å². The maximum absolute atomic E-state index is 5.06. The van der Waals surface area contributed by atoms with Crippen LogP contribution in [-0.2, 0) is 0 Å². The third kappa shape index (κ3) is 4.95. The van der Waals surface area contributed by atoms with Crippen LogP contribution in [0.1, 0.15) is 6.42 Å². The van der Waals surface area contributed by atoms with E-state index >= 15 is 0 Å². The maximum atomic E-state index is 5.06. The topological polar surface area (TPSA) is 71.4 Å². The van der Waals surface area contributed by atoms with Gasteiger partial charge in [0.05, 0.1) is 12.8 Å². The van der Waals surface area contributed by atoms with E-state index in [1.54, 1.807) is 18.4 Å². The largest absolute Gasteiger partial charge is 0.481 e. The van der Waals surface area contributed by atoms with Crippen LogP contribution in [0.3, 0.4) is 0 Å². The highest BCUT2D eigenvalue weighted by Gasteiger charge is 2.08. The summed E-state index contributed by atoms with van der Waals surface area (Å²) in [6, 6.07) is 5.96. The summed E-state index contributed by atoms with van der Waals surface area (Å²) in [5, 5.41) is 11.1. The van der Waals surface area contributed by atoms with E-state index in [0.29, 0.717) is 11.0 Å². The number of ether oxygens (including phenoxy) is 1. The highest BCUT2D eigenvalue weighted by molar-refractivity contribution is 7.14. The number of pyridine rings is 1. The number of aromatic nitrogens is 2. The number of thiophene rings is 1. The Morgan fingerprint density at radius 2 is 2.00 bits per heavy atom. The number of rotatable bonds is 4. The number of methoxy groups -OCH3 is 1. The van der Waals surface area contributed by atoms with Gasteiger partial charge >= 0.3 is 0 Å². The average Bonchev–Trinajstić information content (AvgIpc) is 3.39. The van der Waals surface area contributed by atoms with E-state index in [1.807, 2.05) is 23.7 Å². The smallest absolute Gasteiger partial charge is 0.212 e. The monoisotopic (exact) mass is 387 g/mol. The Morgan fingerprint density at radius 1 is 1.15 bits per heavy atom. The Bertz CT molecular complexity index is 813. The van der Waals surface area contributed by atoms with E-state index in [1.165, 1.54) is 30.8 Å². The molecule has 1 saturated heterocycles. The molecule has 3 aromatic heterocycles. The fourth-order valence-corrected chi connectivity index (χ4v) is 3.87. The van der Waals surface area contributed by atoms with E-state index in [0.717, 1.165) is 28.4 Å². The van der Waals surface area contributed by atoms with Crippen LogP contribution < -0.4 is 15.4 Å². The molecule has 0 amide bonds. The second-order valence-corrected chi connectivity index (χ2v) is 7.24. The molecule has 0 saturated carbocycles. The minimum atomic E-state index is 0.617. The predicted octanol–water partition coefficient (Wildman–Crippen LogP) is 3.80. The number of nitrogens with one attached hydrogen (secondary N) is 2. The SMILES string of the molecule is C1CNCNC1.C=Nc1nc(-c2csc(-c3ccc(OC)nc3)c2)cs1. The summed E-state index contributed by atoms with van der Waals surface area (Å²) in [6.45, 7) is 6.86. The van der Waals surface area contributed by atoms with Gasteiger partial charge in [0.15, 0.2) is 0 Å². The second-order valence-electron chi connectivity index (χ2n) is 5.49. The van der Waals surface area contributed by atoms with Crippen LogP contribution in [0.2, 0.25) is 0 Å². The molecule has 0 radical (unpaired) electrons. The van der Waals surface area contributed by atoms with Gasteiger partial charge in [-0.2, -0.15) is 0 Å². The first-order valence-electron chi connectivity index (χ1n) is 8.23. The molecule has 4 rings (SSSR count). The van der Waals surface area contributed by atoms with Crippen molar-refractivity contribution >= 4 is 34.5 Å². The standard InChI is InChI=1S/C14H11N3OS2.C4H10N2/c1-15-14-17-11(8-20-14)10-5-12(19-7-10)9-3-4-13(18-2)16-6-9;1-2-5-4-6-3-1/h3-8H,1H2,2H3;5-6H,1-4H2. The van der Waals surface area contributed by atoms with Crippen molar-refractivity contribution in [2.45, 2.75) is 6.42 Å². The average molecular weight is 388 g/mol. The van der Waals surface area contributed by atoms with Crippen LogP contribution in [-0.4, -0.2) is 43.6 Å². The Balaban J connectivity index is 0.000000278. The molecule has 0 bridgehead atoms. The summed E-state index contributed by atoms with van der Waals surface area (Å²) in [7, 11) is 1.61. The number of hydrogen-bond donors (Lipinski definition) is 2. The van der Waals surface area contributed by atoms with Crippen molar-refractivity contribution < 1.29 is 4.74 Å². The number of nitrogens with zero attached hydrogens (tertiary/aromatic N) is 3. The molecule has 0 unspecified atom stereocenters. The Labute approximate surface area is 161 Å². The summed E-state index contributed by atoms with van der Waals surface area (Å²) in [6.07, 6.45) is 3.09. The molecule has 26 heavy (non-hydrogen) atoms. The summed E-state index contributed by atoms with van der Waals surface area (Å²) in [5.41, 5.74) is 3.09. The van der Waals surface area contributed by atoms with Crippen molar-refractivity contribution in [1.82, 2.24) is 20.6 Å². The molecule has 1 aliphatic rings. The molecule has 8 heteroatoms. The van der Waals surface area contributed by atoms with E-state index in [2.05, 4.69) is 43.8 Å². The van der Waals surface area contributed by atoms with Crippen LogP contribution in [0, 0.1) is 0 Å². The summed E-state index contributed by atoms with van der Waals surface area (Å²) < 4.78 is 5.06. The van der Waals surface area contributed by atoms with Crippen LogP contribution >= 0.6 is 22.7 Å². The predicted molar refractivity (Wildman–Crippen MR) is 110 cm³/mol. The molecule has 6 nitrogen and oxygen atoms in total. The van der Waals surface area contributed by atoms with Crippen molar-refractivity contribution in [2.24, 2.45) is 4.99 Å². The molecular formula is C18H21N5OS2. The minimum Gasteiger partial charge on any atom is -0.481 e. The first kappa shape index (κ1) is 18.7. The zero-order valence-corrected chi connectivity index (χ0v) is 16.2. The summed E-state index contributed by atoms with van der Waals surface area (Å²) >= 11 is 3.16. The summed E-state index contributed by atoms with van der Waals surface area (Å²) in [4.78, 5) is 13.6. The lowest BCUT2D eigenvalue weighted by atomic mass is 10.2. The molecular weight excluding hydrogens is 366 g/mol. The molecule has 0 atom stereocenters. The van der Waals surface area contributed by atoms with Gasteiger partial charge in [-0.15, -0.1) is 22.7 Å². The number of thiazole rings is 1. The van der Waals surface area contributed by atoms with Crippen LogP contribution in [0.15, 0.2) is 40.1 Å². The van der Waals surface area contributed by atoms with Gasteiger partial charge in [0.25, 0.3) is 0 Å². The van der Waals surface area contributed by atoms with Crippen LogP contribution in [0.5, 0.6) is 5.88 Å². The highest BCUT2D eigenvalue weighted by Crippen LogP contribution is 2.34. The molecule has 1 aliphatic heterocycles. The zero-order chi connectivity index (χ0) is 18.2. The van der Waals surface area contributed by atoms with Crippen LogP contribution in [0.25, 0.3) is 21.7 Å². The first-order chi connectivity index (χ1) is 12.8. The Kier molecular flexibility index (Phi) is 6.84. The van der Waals surface area contributed by atoms with Gasteiger partial charge in [0, 0.05) is 45.7 Å². The van der Waals surface area contributed by atoms with Gasteiger partial charge in [0.2, 0.25) is 11.0 Å². The van der Waals surface area contributed by atoms with E-state index in [-0.39, 0.29) is 0 Å². The Hall–Kier alpha value is -2.13. The normalized spacial score (nSPS) is 13.6. The number of hydrogen-bond acceptors (Lipinski definition) is 8. The minimum absolute atomic E-state index is 0.617. The fourth-order valence-electron chi connectivity index (χ4n) is 2.34. The fraction of sp³-hybridized carbons (Fsp3) is 0.278.